The van der Waals surface area contributed by atoms with Crippen molar-refractivity contribution in [1.29, 1.82) is 0 Å². The van der Waals surface area contributed by atoms with E-state index in [-0.39, 0.29) is 32.0 Å². The van der Waals surface area contributed by atoms with Crippen LogP contribution in [0.15, 0.2) is 72.9 Å². The monoisotopic (exact) mass is 1060 g/mol. The molecular weight excluding hydrogens is 942 g/mol. The van der Waals surface area contributed by atoms with Crippen LogP contribution in [0, 0.1) is 0 Å². The van der Waals surface area contributed by atoms with Crippen molar-refractivity contribution in [2.24, 2.45) is 0 Å². The van der Waals surface area contributed by atoms with E-state index in [4.69, 9.17) is 18.5 Å². The highest BCUT2D eigenvalue weighted by atomic mass is 31.2. The molecule has 0 aromatic rings. The minimum atomic E-state index is -4.64. The predicted molar refractivity (Wildman–Crippen MR) is 314 cm³/mol. The van der Waals surface area contributed by atoms with Gasteiger partial charge in [-0.3, -0.25) is 14.2 Å². The number of rotatable bonds is 56. The predicted octanol–water partition coefficient (Wildman–Crippen LogP) is 18.6. The number of phosphoric ester groups is 1. The maximum absolute atomic E-state index is 12.8. The molecule has 74 heavy (non-hydrogen) atoms. The maximum atomic E-state index is 12.8. The van der Waals surface area contributed by atoms with E-state index in [1.54, 1.807) is 0 Å². The Labute approximate surface area is 457 Å². The Kier molecular flexibility index (Phi) is 53.3. The number of allylic oxidation sites excluding steroid dienone is 12. The molecule has 0 fully saturated rings. The zero-order valence-corrected chi connectivity index (χ0v) is 49.7. The second kappa shape index (κ2) is 55.2. The molecule has 0 saturated heterocycles. The Bertz CT molecular complexity index is 1480. The van der Waals surface area contributed by atoms with Gasteiger partial charge in [-0.15, -0.1) is 0 Å². The Morgan fingerprint density at radius 1 is 0.432 bits per heavy atom. The highest BCUT2D eigenvalue weighted by Crippen LogP contribution is 2.38. The largest absolute Gasteiger partial charge is 0.756 e. The third-order valence-electron chi connectivity index (χ3n) is 13.2. The number of hydrogen-bond donors (Lipinski definition) is 0. The fourth-order valence-corrected chi connectivity index (χ4v) is 9.23. The zero-order chi connectivity index (χ0) is 54.2. The number of quaternary nitrogens is 1. The summed E-state index contributed by atoms with van der Waals surface area (Å²) in [5.74, 6) is -0.830. The number of likely N-dealkylation sites (N-methyl/N-ethyl adjacent to an activating group) is 1. The summed E-state index contributed by atoms with van der Waals surface area (Å²) >= 11 is 0. The molecule has 2 atom stereocenters. The summed E-state index contributed by atoms with van der Waals surface area (Å²) in [5.41, 5.74) is 0. The molecule has 0 rings (SSSR count). The number of carbonyl (C=O) groups excluding carboxylic acids is 2. The number of ether oxygens (including phenoxy) is 2. The van der Waals surface area contributed by atoms with Gasteiger partial charge in [0.1, 0.15) is 19.8 Å². The topological polar surface area (TPSA) is 111 Å². The summed E-state index contributed by atoms with van der Waals surface area (Å²) in [7, 11) is 1.17. The molecule has 0 bridgehead atoms. The summed E-state index contributed by atoms with van der Waals surface area (Å²) < 4.78 is 34.2. The fraction of sp³-hybridized carbons (Fsp3) is 0.781. The van der Waals surface area contributed by atoms with Crippen LogP contribution in [0.4, 0.5) is 0 Å². The van der Waals surface area contributed by atoms with Gasteiger partial charge in [-0.05, 0) is 83.5 Å². The Morgan fingerprint density at radius 2 is 0.770 bits per heavy atom. The molecule has 0 radical (unpaired) electrons. The van der Waals surface area contributed by atoms with E-state index < -0.39 is 26.5 Å². The first-order valence-electron chi connectivity index (χ1n) is 30.6. The number of phosphoric acid groups is 1. The number of hydrogen-bond acceptors (Lipinski definition) is 8. The van der Waals surface area contributed by atoms with E-state index in [0.29, 0.717) is 17.4 Å². The lowest BCUT2D eigenvalue weighted by atomic mass is 10.0. The molecule has 0 aromatic heterocycles. The van der Waals surface area contributed by atoms with Crippen molar-refractivity contribution < 1.29 is 42.1 Å². The molecule has 0 aliphatic heterocycles. The summed E-state index contributed by atoms with van der Waals surface area (Å²) in [6, 6.07) is 0. The maximum Gasteiger partial charge on any atom is 0.306 e. The van der Waals surface area contributed by atoms with Crippen LogP contribution in [0.5, 0.6) is 0 Å². The molecule has 430 valence electrons. The third-order valence-corrected chi connectivity index (χ3v) is 14.2. The third kappa shape index (κ3) is 58.7. The van der Waals surface area contributed by atoms with E-state index in [1.807, 2.05) is 21.1 Å². The molecular formula is C64H116NO8P. The fourth-order valence-electron chi connectivity index (χ4n) is 8.50. The van der Waals surface area contributed by atoms with Crippen LogP contribution >= 0.6 is 7.82 Å². The highest BCUT2D eigenvalue weighted by Gasteiger charge is 2.22. The molecule has 0 N–H and O–H groups in total. The highest BCUT2D eigenvalue weighted by molar-refractivity contribution is 7.45. The van der Waals surface area contributed by atoms with Crippen LogP contribution < -0.4 is 4.89 Å². The van der Waals surface area contributed by atoms with Crippen molar-refractivity contribution in [2.75, 3.05) is 47.5 Å². The van der Waals surface area contributed by atoms with Gasteiger partial charge in [0.25, 0.3) is 7.82 Å². The molecule has 2 unspecified atom stereocenters. The minimum absolute atomic E-state index is 0.0323. The van der Waals surface area contributed by atoms with Gasteiger partial charge in [0, 0.05) is 12.8 Å². The van der Waals surface area contributed by atoms with Crippen LogP contribution in [0.1, 0.15) is 271 Å². The van der Waals surface area contributed by atoms with Gasteiger partial charge in [0.15, 0.2) is 6.10 Å². The summed E-state index contributed by atoms with van der Waals surface area (Å²) in [6.07, 6.45) is 72.4. The summed E-state index contributed by atoms with van der Waals surface area (Å²) in [5, 5.41) is 0. The normalized spacial score (nSPS) is 13.8. The van der Waals surface area contributed by atoms with Crippen LogP contribution in [-0.2, 0) is 32.7 Å². The molecule has 10 heteroatoms. The number of unbranched alkanes of at least 4 members (excludes halogenated alkanes) is 30. The molecule has 0 spiro atoms. The first-order chi connectivity index (χ1) is 36.0. The van der Waals surface area contributed by atoms with Crippen LogP contribution in [0.25, 0.3) is 0 Å². The van der Waals surface area contributed by atoms with Gasteiger partial charge in [0.05, 0.1) is 27.7 Å². The van der Waals surface area contributed by atoms with E-state index in [0.717, 1.165) is 77.0 Å². The Hall–Kier alpha value is -2.55. The van der Waals surface area contributed by atoms with Gasteiger partial charge in [-0.2, -0.15) is 0 Å². The molecule has 0 heterocycles. The average molecular weight is 1060 g/mol. The van der Waals surface area contributed by atoms with Crippen molar-refractivity contribution in [3.63, 3.8) is 0 Å². The zero-order valence-electron chi connectivity index (χ0n) is 48.8. The smallest absolute Gasteiger partial charge is 0.306 e. The lowest BCUT2D eigenvalue weighted by molar-refractivity contribution is -0.870. The van der Waals surface area contributed by atoms with Crippen LogP contribution in [-0.4, -0.2) is 70.0 Å². The lowest BCUT2D eigenvalue weighted by Gasteiger charge is -2.28. The standard InChI is InChI=1S/C64H116NO8P/c1-6-8-10-12-14-16-18-20-22-24-26-27-28-29-30-31-32-33-34-35-36-37-39-41-43-45-47-49-51-53-55-57-64(67)73-62(61-72-74(68,69)71-59-58-65(3,4)5)60-70-63(66)56-54-52-50-48-46-44-42-40-38-25-23-21-19-17-15-13-11-9-7-2/h8,10,14-17,20-23,26-27,62H,6-7,9,11-13,18-19,24-25,28-61H2,1-5H3/b10-8-,16-14-,17-15-,22-20-,23-21-,27-26-. The molecule has 0 saturated carbocycles. The lowest BCUT2D eigenvalue weighted by Crippen LogP contribution is -2.37. The van der Waals surface area contributed by atoms with Gasteiger partial charge in [-0.25, -0.2) is 0 Å². The molecule has 0 aliphatic rings. The van der Waals surface area contributed by atoms with Gasteiger partial charge >= 0.3 is 11.9 Å². The minimum Gasteiger partial charge on any atom is -0.756 e. The van der Waals surface area contributed by atoms with E-state index in [1.165, 1.54) is 161 Å². The van der Waals surface area contributed by atoms with Crippen molar-refractivity contribution in [2.45, 2.75) is 277 Å². The van der Waals surface area contributed by atoms with E-state index in [2.05, 4.69) is 86.8 Å². The molecule has 9 nitrogen and oxygen atoms in total. The van der Waals surface area contributed by atoms with Crippen LogP contribution in [0.2, 0.25) is 0 Å². The number of nitrogens with zero attached hydrogens (tertiary/aromatic N) is 1. The van der Waals surface area contributed by atoms with Gasteiger partial charge in [-0.1, -0.05) is 247 Å². The first kappa shape index (κ1) is 71.5. The Balaban J connectivity index is 4.07. The summed E-state index contributed by atoms with van der Waals surface area (Å²) in [4.78, 5) is 37.9. The molecule has 0 amide bonds. The average Bonchev–Trinajstić information content (AvgIpc) is 3.36. The van der Waals surface area contributed by atoms with Crippen molar-refractivity contribution >= 4 is 19.8 Å². The number of esters is 2. The second-order valence-electron chi connectivity index (χ2n) is 21.7. The van der Waals surface area contributed by atoms with Crippen molar-refractivity contribution in [3.05, 3.63) is 72.9 Å². The van der Waals surface area contributed by atoms with E-state index in [9.17, 15) is 19.0 Å². The van der Waals surface area contributed by atoms with Gasteiger partial charge < -0.3 is 27.9 Å². The van der Waals surface area contributed by atoms with Crippen molar-refractivity contribution in [1.82, 2.24) is 0 Å². The van der Waals surface area contributed by atoms with E-state index >= 15 is 0 Å². The van der Waals surface area contributed by atoms with Crippen LogP contribution in [0.3, 0.4) is 0 Å². The first-order valence-corrected chi connectivity index (χ1v) is 32.1. The Morgan fingerprint density at radius 3 is 1.15 bits per heavy atom. The van der Waals surface area contributed by atoms with Gasteiger partial charge in [0.2, 0.25) is 0 Å². The quantitative estimate of drug-likeness (QED) is 0.0195. The summed E-state index contributed by atoms with van der Waals surface area (Å²) in [6.45, 7) is 4.12. The second-order valence-corrected chi connectivity index (χ2v) is 23.1. The molecule has 0 aliphatic carbocycles. The number of carbonyl (C=O) groups is 2. The van der Waals surface area contributed by atoms with Crippen molar-refractivity contribution in [3.8, 4) is 0 Å². The molecule has 0 aromatic carbocycles. The SMILES string of the molecule is CC/C=C\C/C=C\C/C=C\C/C=C\CCCCCCCCCCCCCCCCCCCCC(=O)OC(COC(=O)CCCCCCCCCCC/C=C\C/C=C\CCCCC)COP(=O)([O-])OCC[N+](C)(C)C.